The van der Waals surface area contributed by atoms with Gasteiger partial charge in [0.05, 0.1) is 11.1 Å². The van der Waals surface area contributed by atoms with Gasteiger partial charge in [-0.15, -0.1) is 0 Å². The Kier molecular flexibility index (Phi) is 6.26. The van der Waals surface area contributed by atoms with Crippen molar-refractivity contribution < 1.29 is 14.0 Å². The second kappa shape index (κ2) is 10.0. The highest BCUT2D eigenvalue weighted by Crippen LogP contribution is 2.39. The van der Waals surface area contributed by atoms with E-state index < -0.39 is 0 Å². The van der Waals surface area contributed by atoms with Crippen molar-refractivity contribution in [3.63, 3.8) is 0 Å². The molecule has 0 unspecified atom stereocenters. The van der Waals surface area contributed by atoms with Crippen molar-refractivity contribution in [3.05, 3.63) is 148 Å². The van der Waals surface area contributed by atoms with E-state index in [1.165, 1.54) is 12.1 Å². The first-order chi connectivity index (χ1) is 18.6. The summed E-state index contributed by atoms with van der Waals surface area (Å²) in [5.41, 5.74) is 6.47. The molecule has 186 valence electrons. The van der Waals surface area contributed by atoms with E-state index in [1.807, 2.05) is 48.5 Å². The summed E-state index contributed by atoms with van der Waals surface area (Å²) in [7, 11) is 0. The maximum Gasteiger partial charge on any atom is 0.255 e. The van der Waals surface area contributed by atoms with Crippen molar-refractivity contribution in [2.45, 2.75) is 25.4 Å². The van der Waals surface area contributed by atoms with Crippen LogP contribution in [0.25, 0.3) is 10.9 Å². The predicted molar refractivity (Wildman–Crippen MR) is 146 cm³/mol. The molecule has 38 heavy (non-hydrogen) atoms. The zero-order valence-corrected chi connectivity index (χ0v) is 20.7. The molecule has 0 saturated carbocycles. The van der Waals surface area contributed by atoms with Gasteiger partial charge in [0, 0.05) is 36.2 Å². The van der Waals surface area contributed by atoms with Gasteiger partial charge in [0.15, 0.2) is 6.29 Å². The average Bonchev–Trinajstić information content (AvgIpc) is 3.28. The molecule has 4 nitrogen and oxygen atoms in total. The van der Waals surface area contributed by atoms with Gasteiger partial charge in [0.2, 0.25) is 0 Å². The second-order valence-corrected chi connectivity index (χ2v) is 9.63. The molecule has 0 radical (unpaired) electrons. The van der Waals surface area contributed by atoms with Crippen LogP contribution in [0, 0.1) is 5.82 Å². The molecule has 0 atom stereocenters. The number of nitrogens with zero attached hydrogens (tertiary/aromatic N) is 2. The Balaban J connectivity index is 1.51. The van der Waals surface area contributed by atoms with Gasteiger partial charge in [0.25, 0.3) is 5.91 Å². The van der Waals surface area contributed by atoms with Crippen molar-refractivity contribution >= 4 is 23.1 Å². The van der Waals surface area contributed by atoms with E-state index in [0.717, 1.165) is 39.5 Å². The van der Waals surface area contributed by atoms with E-state index in [9.17, 15) is 14.0 Å². The highest BCUT2D eigenvalue weighted by molar-refractivity contribution is 6.10. The lowest BCUT2D eigenvalue weighted by Gasteiger charge is -2.21. The van der Waals surface area contributed by atoms with E-state index in [1.54, 1.807) is 23.2 Å². The highest BCUT2D eigenvalue weighted by atomic mass is 19.1. The maximum absolute atomic E-state index is 14.0. The summed E-state index contributed by atoms with van der Waals surface area (Å²) in [5, 5.41) is 0.757. The summed E-state index contributed by atoms with van der Waals surface area (Å²) in [6.07, 6.45) is 3.11. The lowest BCUT2D eigenvalue weighted by molar-refractivity contribution is 0.0765. The Morgan fingerprint density at radius 3 is 2.16 bits per heavy atom. The van der Waals surface area contributed by atoms with Gasteiger partial charge < -0.3 is 4.90 Å². The standard InChI is InChI=1S/C33H25FN2O2/c34-25-15-13-22(14-16-25)19-36-20-29-30(21-37)26-12-7-17-35-32(26)28(31(29)33(36)38)18-27(23-8-3-1-4-9-23)24-10-5-2-6-11-24/h1-17,21,27H,18-20H2. The van der Waals surface area contributed by atoms with Gasteiger partial charge in [-0.05, 0) is 52.4 Å². The molecule has 0 N–H and O–H groups in total. The number of amides is 1. The first kappa shape index (κ1) is 23.7. The number of pyridine rings is 1. The maximum atomic E-state index is 14.0. The third-order valence-corrected chi connectivity index (χ3v) is 7.38. The monoisotopic (exact) mass is 500 g/mol. The van der Waals surface area contributed by atoms with Crippen molar-refractivity contribution in [2.24, 2.45) is 0 Å². The lowest BCUT2D eigenvalue weighted by atomic mass is 9.82. The van der Waals surface area contributed by atoms with Crippen LogP contribution in [0.2, 0.25) is 0 Å². The molecule has 0 saturated heterocycles. The van der Waals surface area contributed by atoms with Crippen LogP contribution in [0.15, 0.2) is 103 Å². The number of rotatable bonds is 7. The molecule has 6 rings (SSSR count). The van der Waals surface area contributed by atoms with E-state index in [0.29, 0.717) is 36.2 Å². The molecule has 0 spiro atoms. The van der Waals surface area contributed by atoms with Gasteiger partial charge in [-0.25, -0.2) is 4.39 Å². The molecule has 0 fully saturated rings. The van der Waals surface area contributed by atoms with Crippen molar-refractivity contribution in [1.29, 1.82) is 0 Å². The first-order valence-electron chi connectivity index (χ1n) is 12.6. The SMILES string of the molecule is O=Cc1c2c(c(CC(c3ccccc3)c3ccccc3)c3ncccc13)C(=O)N(Cc1ccc(F)cc1)C2. The van der Waals surface area contributed by atoms with Crippen molar-refractivity contribution in [3.8, 4) is 0 Å². The fourth-order valence-electron chi connectivity index (χ4n) is 5.58. The Hall–Kier alpha value is -4.64. The third-order valence-electron chi connectivity index (χ3n) is 7.38. The largest absolute Gasteiger partial charge is 0.330 e. The molecule has 1 aliphatic rings. The number of benzene rings is 4. The molecule has 5 aromatic rings. The fourth-order valence-corrected chi connectivity index (χ4v) is 5.58. The summed E-state index contributed by atoms with van der Waals surface area (Å²) in [4.78, 5) is 32.7. The van der Waals surface area contributed by atoms with Gasteiger partial charge in [-0.1, -0.05) is 78.9 Å². The topological polar surface area (TPSA) is 50.3 Å². The fraction of sp³-hybridized carbons (Fsp3) is 0.121. The third kappa shape index (κ3) is 4.26. The molecule has 1 amide bonds. The van der Waals surface area contributed by atoms with Crippen LogP contribution >= 0.6 is 0 Å². The van der Waals surface area contributed by atoms with Crippen LogP contribution in [0.4, 0.5) is 4.39 Å². The van der Waals surface area contributed by atoms with Crippen molar-refractivity contribution in [1.82, 2.24) is 9.88 Å². The number of aromatic nitrogens is 1. The molecule has 0 bridgehead atoms. The van der Waals surface area contributed by atoms with Crippen LogP contribution in [-0.2, 0) is 19.5 Å². The Labute approximate surface area is 220 Å². The van der Waals surface area contributed by atoms with Gasteiger partial charge in [-0.3, -0.25) is 14.6 Å². The van der Waals surface area contributed by atoms with Gasteiger partial charge in [-0.2, -0.15) is 0 Å². The van der Waals surface area contributed by atoms with Crippen LogP contribution in [0.5, 0.6) is 0 Å². The molecule has 0 aliphatic carbocycles. The van der Waals surface area contributed by atoms with E-state index in [2.05, 4.69) is 29.2 Å². The zero-order valence-electron chi connectivity index (χ0n) is 20.7. The molecule has 1 aromatic heterocycles. The summed E-state index contributed by atoms with van der Waals surface area (Å²) in [5.74, 6) is -0.455. The average molecular weight is 501 g/mol. The molecule has 5 heteroatoms. The van der Waals surface area contributed by atoms with Crippen molar-refractivity contribution in [2.75, 3.05) is 0 Å². The molecule has 1 aliphatic heterocycles. The van der Waals surface area contributed by atoms with Crippen LogP contribution in [0.3, 0.4) is 0 Å². The highest BCUT2D eigenvalue weighted by Gasteiger charge is 2.35. The number of carbonyl (C=O) groups excluding carboxylic acids is 2. The van der Waals surface area contributed by atoms with E-state index in [4.69, 9.17) is 0 Å². The van der Waals surface area contributed by atoms with Gasteiger partial charge in [0.1, 0.15) is 5.82 Å². The summed E-state index contributed by atoms with van der Waals surface area (Å²) in [6.45, 7) is 0.648. The molecular weight excluding hydrogens is 475 g/mol. The molecule has 4 aromatic carbocycles. The molecular formula is C33H25FN2O2. The minimum Gasteiger partial charge on any atom is -0.330 e. The number of fused-ring (bicyclic) bond motifs is 2. The normalized spacial score (nSPS) is 12.8. The Bertz CT molecular complexity index is 1590. The molecule has 2 heterocycles. The van der Waals surface area contributed by atoms with Gasteiger partial charge >= 0.3 is 0 Å². The van der Waals surface area contributed by atoms with E-state index >= 15 is 0 Å². The zero-order chi connectivity index (χ0) is 26.1. The second-order valence-electron chi connectivity index (χ2n) is 9.63. The summed E-state index contributed by atoms with van der Waals surface area (Å²) < 4.78 is 13.5. The Morgan fingerprint density at radius 2 is 1.53 bits per heavy atom. The number of hydrogen-bond donors (Lipinski definition) is 0. The van der Waals surface area contributed by atoms with Crippen LogP contribution in [0.1, 0.15) is 54.5 Å². The smallest absolute Gasteiger partial charge is 0.255 e. The summed E-state index contributed by atoms with van der Waals surface area (Å²) in [6, 6.07) is 30.4. The van der Waals surface area contributed by atoms with Crippen LogP contribution < -0.4 is 0 Å². The number of hydrogen-bond acceptors (Lipinski definition) is 3. The van der Waals surface area contributed by atoms with E-state index in [-0.39, 0.29) is 17.6 Å². The summed E-state index contributed by atoms with van der Waals surface area (Å²) >= 11 is 0. The Morgan fingerprint density at radius 1 is 0.868 bits per heavy atom. The predicted octanol–water partition coefficient (Wildman–Crippen LogP) is 6.72. The quantitative estimate of drug-likeness (QED) is 0.233. The first-order valence-corrected chi connectivity index (χ1v) is 12.6. The lowest BCUT2D eigenvalue weighted by Crippen LogP contribution is -2.24. The number of aldehydes is 1. The van der Waals surface area contributed by atoms with Crippen LogP contribution in [-0.4, -0.2) is 22.1 Å². The minimum absolute atomic E-state index is 0.00673. The number of halogens is 1. The number of carbonyl (C=O) groups is 2. The minimum atomic E-state index is -0.319.